The zero-order valence-electron chi connectivity index (χ0n) is 15.7. The summed E-state index contributed by atoms with van der Waals surface area (Å²) in [5, 5.41) is 3.44. The fourth-order valence-electron chi connectivity index (χ4n) is 3.78. The minimum absolute atomic E-state index is 0.0332. The van der Waals surface area contributed by atoms with Gasteiger partial charge in [0.1, 0.15) is 5.00 Å². The van der Waals surface area contributed by atoms with Crippen LogP contribution in [0.25, 0.3) is 0 Å². The summed E-state index contributed by atoms with van der Waals surface area (Å²) in [4.78, 5) is 26.3. The average molecular weight is 415 g/mol. The molecule has 1 aliphatic carbocycles. The van der Waals surface area contributed by atoms with Gasteiger partial charge in [0.15, 0.2) is 0 Å². The number of carbonyl (C=O) groups excluding carboxylic acids is 2. The number of ether oxygens (including phenoxy) is 1. The number of piperidine rings is 1. The Bertz CT molecular complexity index is 831. The van der Waals surface area contributed by atoms with Crippen LogP contribution in [0.1, 0.15) is 53.4 Å². The van der Waals surface area contributed by atoms with Crippen LogP contribution in [-0.4, -0.2) is 50.6 Å². The highest BCUT2D eigenvalue weighted by molar-refractivity contribution is 7.89. The van der Waals surface area contributed by atoms with Gasteiger partial charge in [0.2, 0.25) is 15.9 Å². The number of aryl methyl sites for hydroxylation is 1. The zero-order chi connectivity index (χ0) is 19.6. The smallest absolute Gasteiger partial charge is 0.341 e. The Hall–Kier alpha value is -1.45. The molecule has 3 rings (SSSR count). The SMILES string of the molecule is CCS(=O)(=O)N1CCC[C@H](C(=O)Nc2sc3c(c2C(=O)OC)CCCC3)C1. The van der Waals surface area contributed by atoms with Crippen molar-refractivity contribution in [3.63, 3.8) is 0 Å². The van der Waals surface area contributed by atoms with Gasteiger partial charge in [-0.1, -0.05) is 0 Å². The summed E-state index contributed by atoms with van der Waals surface area (Å²) < 4.78 is 30.6. The molecule has 1 aromatic rings. The van der Waals surface area contributed by atoms with Crippen LogP contribution in [0.3, 0.4) is 0 Å². The van der Waals surface area contributed by atoms with E-state index in [9.17, 15) is 18.0 Å². The number of esters is 1. The van der Waals surface area contributed by atoms with Crippen LogP contribution in [0.15, 0.2) is 0 Å². The van der Waals surface area contributed by atoms with Crippen molar-refractivity contribution in [3.05, 3.63) is 16.0 Å². The summed E-state index contributed by atoms with van der Waals surface area (Å²) in [6.45, 7) is 2.26. The molecular weight excluding hydrogens is 388 g/mol. The van der Waals surface area contributed by atoms with E-state index in [2.05, 4.69) is 5.32 Å². The van der Waals surface area contributed by atoms with E-state index in [0.717, 1.165) is 36.1 Å². The molecule has 1 amide bonds. The number of nitrogens with zero attached hydrogens (tertiary/aromatic N) is 1. The molecular formula is C18H26N2O5S2. The van der Waals surface area contributed by atoms with Crippen molar-refractivity contribution in [3.8, 4) is 0 Å². The molecule has 0 unspecified atom stereocenters. The van der Waals surface area contributed by atoms with Gasteiger partial charge in [0.05, 0.1) is 24.3 Å². The Morgan fingerprint density at radius 2 is 2.00 bits per heavy atom. The molecule has 2 heterocycles. The molecule has 2 aliphatic rings. The van der Waals surface area contributed by atoms with Crippen LogP contribution in [-0.2, 0) is 32.4 Å². The molecule has 1 saturated heterocycles. The standard InChI is InChI=1S/C18H26N2O5S2/c1-3-27(23,24)20-10-6-7-12(11-20)16(21)19-17-15(18(22)25-2)13-8-4-5-9-14(13)26-17/h12H,3-11H2,1-2H3,(H,19,21)/t12-/m0/s1. The Morgan fingerprint density at radius 1 is 1.26 bits per heavy atom. The molecule has 9 heteroatoms. The Kier molecular flexibility index (Phi) is 6.22. The number of methoxy groups -OCH3 is 1. The Morgan fingerprint density at radius 3 is 2.70 bits per heavy atom. The number of rotatable bonds is 5. The largest absolute Gasteiger partial charge is 0.465 e. The van der Waals surface area contributed by atoms with Crippen molar-refractivity contribution in [2.75, 3.05) is 31.3 Å². The van der Waals surface area contributed by atoms with Crippen LogP contribution in [0.2, 0.25) is 0 Å². The third kappa shape index (κ3) is 4.20. The van der Waals surface area contributed by atoms with Gasteiger partial charge in [-0.25, -0.2) is 17.5 Å². The third-order valence-corrected chi connectivity index (χ3v) is 8.37. The van der Waals surface area contributed by atoms with Crippen LogP contribution < -0.4 is 5.32 Å². The van der Waals surface area contributed by atoms with E-state index in [0.29, 0.717) is 30.0 Å². The molecule has 1 aliphatic heterocycles. The minimum Gasteiger partial charge on any atom is -0.465 e. The van der Waals surface area contributed by atoms with Crippen molar-refractivity contribution in [1.82, 2.24) is 4.31 Å². The summed E-state index contributed by atoms with van der Waals surface area (Å²) in [5.41, 5.74) is 1.46. The molecule has 0 saturated carbocycles. The topological polar surface area (TPSA) is 92.8 Å². The summed E-state index contributed by atoms with van der Waals surface area (Å²) in [6, 6.07) is 0. The molecule has 27 heavy (non-hydrogen) atoms. The maximum absolute atomic E-state index is 12.8. The van der Waals surface area contributed by atoms with Crippen LogP contribution in [0.4, 0.5) is 5.00 Å². The number of sulfonamides is 1. The first-order chi connectivity index (χ1) is 12.9. The number of anilines is 1. The summed E-state index contributed by atoms with van der Waals surface area (Å²) in [7, 11) is -1.96. The Balaban J connectivity index is 1.80. The second-order valence-corrected chi connectivity index (χ2v) is 10.4. The number of thiophene rings is 1. The number of amides is 1. The first-order valence-electron chi connectivity index (χ1n) is 9.39. The lowest BCUT2D eigenvalue weighted by Crippen LogP contribution is -2.44. The fourth-order valence-corrected chi connectivity index (χ4v) is 6.24. The highest BCUT2D eigenvalue weighted by Crippen LogP contribution is 2.39. The van der Waals surface area contributed by atoms with Crippen LogP contribution >= 0.6 is 11.3 Å². The lowest BCUT2D eigenvalue weighted by atomic mass is 9.95. The van der Waals surface area contributed by atoms with E-state index in [1.54, 1.807) is 6.92 Å². The van der Waals surface area contributed by atoms with Crippen molar-refractivity contribution in [1.29, 1.82) is 0 Å². The van der Waals surface area contributed by atoms with E-state index >= 15 is 0 Å². The molecule has 0 spiro atoms. The second-order valence-electron chi connectivity index (χ2n) is 6.99. The van der Waals surface area contributed by atoms with Gasteiger partial charge in [-0.2, -0.15) is 0 Å². The zero-order valence-corrected chi connectivity index (χ0v) is 17.4. The predicted molar refractivity (Wildman–Crippen MR) is 105 cm³/mol. The minimum atomic E-state index is -3.31. The van der Waals surface area contributed by atoms with Gasteiger partial charge in [0, 0.05) is 18.0 Å². The average Bonchev–Trinajstić information content (AvgIpc) is 3.05. The maximum Gasteiger partial charge on any atom is 0.341 e. The number of hydrogen-bond donors (Lipinski definition) is 1. The lowest BCUT2D eigenvalue weighted by Gasteiger charge is -2.30. The summed E-state index contributed by atoms with van der Waals surface area (Å²) >= 11 is 1.44. The van der Waals surface area contributed by atoms with E-state index in [1.165, 1.54) is 22.8 Å². The first kappa shape index (κ1) is 20.3. The lowest BCUT2D eigenvalue weighted by molar-refractivity contribution is -0.120. The van der Waals surface area contributed by atoms with Gasteiger partial charge in [-0.05, 0) is 51.0 Å². The van der Waals surface area contributed by atoms with Crippen LogP contribution in [0.5, 0.6) is 0 Å². The molecule has 0 bridgehead atoms. The normalized spacial score (nSPS) is 20.7. The fraction of sp³-hybridized carbons (Fsp3) is 0.667. The number of carbonyl (C=O) groups is 2. The van der Waals surface area contributed by atoms with Gasteiger partial charge in [-0.3, -0.25) is 4.79 Å². The molecule has 1 aromatic heterocycles. The van der Waals surface area contributed by atoms with Crippen molar-refractivity contribution in [2.24, 2.45) is 5.92 Å². The highest BCUT2D eigenvalue weighted by Gasteiger charge is 2.33. The molecule has 0 radical (unpaired) electrons. The maximum atomic E-state index is 12.8. The van der Waals surface area contributed by atoms with Crippen LogP contribution in [0, 0.1) is 5.92 Å². The molecule has 1 fully saturated rings. The summed E-state index contributed by atoms with van der Waals surface area (Å²) in [5.74, 6) is -1.03. The van der Waals surface area contributed by atoms with E-state index in [-0.39, 0.29) is 18.2 Å². The Labute approximate surface area is 164 Å². The second kappa shape index (κ2) is 8.28. The van der Waals surface area contributed by atoms with Crippen molar-refractivity contribution >= 4 is 38.2 Å². The summed E-state index contributed by atoms with van der Waals surface area (Å²) in [6.07, 6.45) is 5.12. The molecule has 0 aromatic carbocycles. The number of fused-ring (bicyclic) bond motifs is 1. The molecule has 1 atom stereocenters. The van der Waals surface area contributed by atoms with Gasteiger partial charge >= 0.3 is 5.97 Å². The number of nitrogens with one attached hydrogen (secondary N) is 1. The van der Waals surface area contributed by atoms with Gasteiger partial charge in [-0.15, -0.1) is 11.3 Å². The van der Waals surface area contributed by atoms with Gasteiger partial charge < -0.3 is 10.1 Å². The quantitative estimate of drug-likeness (QED) is 0.747. The van der Waals surface area contributed by atoms with E-state index in [1.807, 2.05) is 0 Å². The van der Waals surface area contributed by atoms with Crippen molar-refractivity contribution in [2.45, 2.75) is 45.4 Å². The molecule has 1 N–H and O–H groups in total. The third-order valence-electron chi connectivity index (χ3n) is 5.31. The molecule has 7 nitrogen and oxygen atoms in total. The first-order valence-corrected chi connectivity index (χ1v) is 11.8. The highest BCUT2D eigenvalue weighted by atomic mass is 32.2. The monoisotopic (exact) mass is 414 g/mol. The number of hydrogen-bond acceptors (Lipinski definition) is 6. The van der Waals surface area contributed by atoms with E-state index in [4.69, 9.17) is 4.74 Å². The van der Waals surface area contributed by atoms with Crippen molar-refractivity contribution < 1.29 is 22.7 Å². The predicted octanol–water partition coefficient (Wildman–Crippen LogP) is 2.41. The molecule has 150 valence electrons. The van der Waals surface area contributed by atoms with Gasteiger partial charge in [0.25, 0.3) is 0 Å². The van der Waals surface area contributed by atoms with E-state index < -0.39 is 21.9 Å².